The first-order chi connectivity index (χ1) is 7.43. The molecule has 0 fully saturated rings. The summed E-state index contributed by atoms with van der Waals surface area (Å²) in [5.74, 6) is -0.764. The smallest absolute Gasteiger partial charge is 0.238 e. The normalized spacial score (nSPS) is 12.6. The Kier molecular flexibility index (Phi) is 4.74. The highest BCUT2D eigenvalue weighted by atomic mass is 79.9. The van der Waals surface area contributed by atoms with E-state index in [-0.39, 0.29) is 27.4 Å². The highest BCUT2D eigenvalue weighted by Gasteiger charge is 2.20. The first-order valence-corrected chi connectivity index (χ1v) is 6.11. The zero-order chi connectivity index (χ0) is 12.3. The largest absolute Gasteiger partial charge is 0.323 e. The quantitative estimate of drug-likeness (QED) is 0.845. The van der Waals surface area contributed by atoms with Crippen molar-refractivity contribution < 1.29 is 9.18 Å². The maximum atomic E-state index is 13.5. The molecule has 1 amide bonds. The summed E-state index contributed by atoms with van der Waals surface area (Å²) in [7, 11) is 0. The van der Waals surface area contributed by atoms with E-state index in [1.165, 1.54) is 12.1 Å². The third-order valence-corrected chi connectivity index (χ3v) is 3.81. The Bertz CT molecular complexity index is 398. The standard InChI is InChI=1S/C11H12BrClFNO/c1-6(2)9(12)11(16)15-8-5-3-4-7(13)10(8)14/h3-6,9H,1-2H3,(H,15,16). The molecule has 0 radical (unpaired) electrons. The molecule has 0 heterocycles. The van der Waals surface area contributed by atoms with Crippen molar-refractivity contribution in [2.75, 3.05) is 5.32 Å². The van der Waals surface area contributed by atoms with Crippen LogP contribution in [0.2, 0.25) is 5.02 Å². The summed E-state index contributed by atoms with van der Waals surface area (Å²) in [4.78, 5) is 11.3. The average Bonchev–Trinajstić information content (AvgIpc) is 2.23. The summed E-state index contributed by atoms with van der Waals surface area (Å²) >= 11 is 8.84. The SMILES string of the molecule is CC(C)C(Br)C(=O)Nc1cccc(Cl)c1F. The summed E-state index contributed by atoms with van der Waals surface area (Å²) in [6, 6.07) is 4.49. The van der Waals surface area contributed by atoms with E-state index < -0.39 is 5.82 Å². The van der Waals surface area contributed by atoms with Gasteiger partial charge in [-0.1, -0.05) is 47.4 Å². The number of hydrogen-bond donors (Lipinski definition) is 1. The molecule has 1 rings (SSSR count). The molecular formula is C11H12BrClFNO. The topological polar surface area (TPSA) is 29.1 Å². The molecule has 0 aliphatic rings. The molecule has 88 valence electrons. The van der Waals surface area contributed by atoms with Gasteiger partial charge in [-0.25, -0.2) is 4.39 Å². The van der Waals surface area contributed by atoms with Gasteiger partial charge in [0.25, 0.3) is 0 Å². The minimum atomic E-state index is -0.610. The highest BCUT2D eigenvalue weighted by molar-refractivity contribution is 9.10. The van der Waals surface area contributed by atoms with E-state index in [0.29, 0.717) is 0 Å². The van der Waals surface area contributed by atoms with Crippen molar-refractivity contribution in [3.63, 3.8) is 0 Å². The second kappa shape index (κ2) is 5.64. The van der Waals surface area contributed by atoms with Crippen LogP contribution in [0.3, 0.4) is 0 Å². The Morgan fingerprint density at radius 3 is 2.69 bits per heavy atom. The molecule has 0 aromatic heterocycles. The van der Waals surface area contributed by atoms with Crippen molar-refractivity contribution in [2.45, 2.75) is 18.7 Å². The van der Waals surface area contributed by atoms with Gasteiger partial charge in [0.2, 0.25) is 5.91 Å². The molecule has 2 nitrogen and oxygen atoms in total. The molecule has 0 bridgehead atoms. The molecular weight excluding hydrogens is 296 g/mol. The maximum absolute atomic E-state index is 13.5. The molecule has 1 aromatic carbocycles. The molecule has 0 aliphatic carbocycles. The molecule has 1 unspecified atom stereocenters. The van der Waals surface area contributed by atoms with E-state index in [0.717, 1.165) is 0 Å². The van der Waals surface area contributed by atoms with E-state index in [1.54, 1.807) is 6.07 Å². The van der Waals surface area contributed by atoms with Crippen LogP contribution in [-0.2, 0) is 4.79 Å². The molecule has 0 saturated heterocycles. The Morgan fingerprint density at radius 1 is 1.50 bits per heavy atom. The molecule has 0 spiro atoms. The predicted octanol–water partition coefficient (Wildman–Crippen LogP) is 3.84. The van der Waals surface area contributed by atoms with Gasteiger partial charge >= 0.3 is 0 Å². The van der Waals surface area contributed by atoms with Crippen LogP contribution in [0.5, 0.6) is 0 Å². The lowest BCUT2D eigenvalue weighted by Crippen LogP contribution is -2.27. The third-order valence-electron chi connectivity index (χ3n) is 2.05. The van der Waals surface area contributed by atoms with Crippen molar-refractivity contribution >= 4 is 39.1 Å². The molecule has 5 heteroatoms. The van der Waals surface area contributed by atoms with Gasteiger partial charge in [-0.05, 0) is 18.1 Å². The van der Waals surface area contributed by atoms with Crippen molar-refractivity contribution in [1.82, 2.24) is 0 Å². The first kappa shape index (κ1) is 13.5. The van der Waals surface area contributed by atoms with Gasteiger partial charge in [-0.2, -0.15) is 0 Å². The molecule has 1 N–H and O–H groups in total. The lowest BCUT2D eigenvalue weighted by Gasteiger charge is -2.14. The van der Waals surface area contributed by atoms with Crippen LogP contribution in [0.15, 0.2) is 18.2 Å². The first-order valence-electron chi connectivity index (χ1n) is 4.82. The third kappa shape index (κ3) is 3.19. The molecule has 0 saturated carbocycles. The van der Waals surface area contributed by atoms with Crippen molar-refractivity contribution in [3.05, 3.63) is 29.0 Å². The van der Waals surface area contributed by atoms with Crippen LogP contribution in [0.1, 0.15) is 13.8 Å². The number of rotatable bonds is 3. The Morgan fingerprint density at radius 2 is 2.12 bits per heavy atom. The highest BCUT2D eigenvalue weighted by Crippen LogP contribution is 2.23. The summed E-state index contributed by atoms with van der Waals surface area (Å²) in [6.07, 6.45) is 0. The zero-order valence-corrected chi connectivity index (χ0v) is 11.3. The van der Waals surface area contributed by atoms with Gasteiger partial charge in [-0.15, -0.1) is 0 Å². The lowest BCUT2D eigenvalue weighted by atomic mass is 10.1. The van der Waals surface area contributed by atoms with Crippen LogP contribution in [0.4, 0.5) is 10.1 Å². The van der Waals surface area contributed by atoms with E-state index in [2.05, 4.69) is 21.2 Å². The number of halogens is 3. The number of nitrogens with one attached hydrogen (secondary N) is 1. The van der Waals surface area contributed by atoms with Gasteiger partial charge < -0.3 is 5.32 Å². The summed E-state index contributed by atoms with van der Waals surface area (Å²) in [5.41, 5.74) is 0.0996. The number of carbonyl (C=O) groups is 1. The van der Waals surface area contributed by atoms with Crippen molar-refractivity contribution in [1.29, 1.82) is 0 Å². The zero-order valence-electron chi connectivity index (χ0n) is 8.93. The maximum Gasteiger partial charge on any atom is 0.238 e. The fourth-order valence-corrected chi connectivity index (χ4v) is 1.39. The van der Waals surface area contributed by atoms with Gasteiger partial charge in [0, 0.05) is 0 Å². The van der Waals surface area contributed by atoms with E-state index >= 15 is 0 Å². The number of anilines is 1. The predicted molar refractivity (Wildman–Crippen MR) is 67.6 cm³/mol. The van der Waals surface area contributed by atoms with Gasteiger partial charge in [0.1, 0.15) is 0 Å². The average molecular weight is 309 g/mol. The van der Waals surface area contributed by atoms with E-state index in [4.69, 9.17) is 11.6 Å². The Labute approximate surface area is 107 Å². The summed E-state index contributed by atoms with van der Waals surface area (Å²) in [6.45, 7) is 3.79. The monoisotopic (exact) mass is 307 g/mol. The van der Waals surface area contributed by atoms with Crippen LogP contribution in [0, 0.1) is 11.7 Å². The number of benzene rings is 1. The van der Waals surface area contributed by atoms with E-state index in [9.17, 15) is 9.18 Å². The Hall–Kier alpha value is -0.610. The van der Waals surface area contributed by atoms with Crippen LogP contribution >= 0.6 is 27.5 Å². The van der Waals surface area contributed by atoms with Gasteiger partial charge in [-0.3, -0.25) is 4.79 Å². The minimum Gasteiger partial charge on any atom is -0.323 e. The fourth-order valence-electron chi connectivity index (χ4n) is 1.10. The van der Waals surface area contributed by atoms with Crippen molar-refractivity contribution in [2.24, 2.45) is 5.92 Å². The lowest BCUT2D eigenvalue weighted by molar-refractivity contribution is -0.116. The van der Waals surface area contributed by atoms with Crippen LogP contribution < -0.4 is 5.32 Å². The Balaban J connectivity index is 2.81. The number of hydrogen-bond acceptors (Lipinski definition) is 1. The molecule has 16 heavy (non-hydrogen) atoms. The molecule has 0 aliphatic heterocycles. The van der Waals surface area contributed by atoms with Crippen LogP contribution in [0.25, 0.3) is 0 Å². The summed E-state index contributed by atoms with van der Waals surface area (Å²) in [5, 5.41) is 2.48. The van der Waals surface area contributed by atoms with Gasteiger partial charge in [0.15, 0.2) is 5.82 Å². The van der Waals surface area contributed by atoms with Crippen LogP contribution in [-0.4, -0.2) is 10.7 Å². The fraction of sp³-hybridized carbons (Fsp3) is 0.364. The van der Waals surface area contributed by atoms with Gasteiger partial charge in [0.05, 0.1) is 15.5 Å². The van der Waals surface area contributed by atoms with E-state index in [1.807, 2.05) is 13.8 Å². The molecule has 1 aromatic rings. The number of carbonyl (C=O) groups excluding carboxylic acids is 1. The number of amides is 1. The summed E-state index contributed by atoms with van der Waals surface area (Å²) < 4.78 is 13.5. The second-order valence-electron chi connectivity index (χ2n) is 3.74. The van der Waals surface area contributed by atoms with Crippen molar-refractivity contribution in [3.8, 4) is 0 Å². The number of alkyl halides is 1. The minimum absolute atomic E-state index is 0.00605. The second-order valence-corrected chi connectivity index (χ2v) is 5.13. The molecule has 1 atom stereocenters.